The van der Waals surface area contributed by atoms with Crippen LogP contribution in [0.4, 0.5) is 13.2 Å². The Morgan fingerprint density at radius 2 is 1.87 bits per heavy atom. The molecular formula is C22H23F3N2O3. The van der Waals surface area contributed by atoms with Gasteiger partial charge in [0.2, 0.25) is 0 Å². The molecule has 0 radical (unpaired) electrons. The second-order valence-corrected chi connectivity index (χ2v) is 7.51. The average Bonchev–Trinajstić information content (AvgIpc) is 3.20. The monoisotopic (exact) mass is 420 g/mol. The van der Waals surface area contributed by atoms with Gasteiger partial charge in [-0.2, -0.15) is 13.2 Å². The summed E-state index contributed by atoms with van der Waals surface area (Å²) >= 11 is 0. The van der Waals surface area contributed by atoms with Crippen LogP contribution in [0, 0.1) is 0 Å². The molecule has 2 aromatic carbocycles. The molecule has 1 saturated heterocycles. The van der Waals surface area contributed by atoms with Gasteiger partial charge in [-0.3, -0.25) is 9.69 Å². The van der Waals surface area contributed by atoms with Crippen LogP contribution < -0.4 is 9.47 Å². The number of carbonyl (C=O) groups excluding carboxylic acids is 1. The fourth-order valence-electron chi connectivity index (χ4n) is 3.75. The first-order valence-electron chi connectivity index (χ1n) is 9.93. The van der Waals surface area contributed by atoms with E-state index in [4.69, 9.17) is 9.47 Å². The standard InChI is InChI=1S/C22H23F3N2O3/c23-22(24,25)18-2-1-3-19(13-18)30-15-21(28)27-9-7-26(8-10-27)14-16-4-5-20-17(12-16)6-11-29-20/h1-5,12-13H,6-11,14-15H2. The Morgan fingerprint density at radius 3 is 2.63 bits per heavy atom. The largest absolute Gasteiger partial charge is 0.493 e. The smallest absolute Gasteiger partial charge is 0.416 e. The molecule has 1 fully saturated rings. The molecule has 4 rings (SSSR count). The fraction of sp³-hybridized carbons (Fsp3) is 0.409. The molecule has 0 saturated carbocycles. The van der Waals surface area contributed by atoms with Gasteiger partial charge in [-0.05, 0) is 35.4 Å². The van der Waals surface area contributed by atoms with E-state index < -0.39 is 11.7 Å². The van der Waals surface area contributed by atoms with Crippen LogP contribution in [0.15, 0.2) is 42.5 Å². The maximum Gasteiger partial charge on any atom is 0.416 e. The number of rotatable bonds is 5. The Hall–Kier alpha value is -2.74. The Balaban J connectivity index is 1.24. The minimum Gasteiger partial charge on any atom is -0.493 e. The minimum absolute atomic E-state index is 0.0393. The molecule has 0 spiro atoms. The number of hydrogen-bond donors (Lipinski definition) is 0. The number of piperazine rings is 1. The molecule has 2 aromatic rings. The minimum atomic E-state index is -4.44. The van der Waals surface area contributed by atoms with Gasteiger partial charge >= 0.3 is 6.18 Å². The molecule has 5 nitrogen and oxygen atoms in total. The summed E-state index contributed by atoms with van der Waals surface area (Å²) in [6.07, 6.45) is -3.50. The zero-order chi connectivity index (χ0) is 21.1. The normalized spacial score (nSPS) is 16.8. The molecule has 0 atom stereocenters. The van der Waals surface area contributed by atoms with E-state index in [-0.39, 0.29) is 18.3 Å². The molecule has 160 valence electrons. The van der Waals surface area contributed by atoms with Crippen molar-refractivity contribution in [3.63, 3.8) is 0 Å². The molecule has 8 heteroatoms. The fourth-order valence-corrected chi connectivity index (χ4v) is 3.75. The molecule has 0 bridgehead atoms. The van der Waals surface area contributed by atoms with Crippen LogP contribution in [-0.4, -0.2) is 55.1 Å². The summed E-state index contributed by atoms with van der Waals surface area (Å²) < 4.78 is 49.2. The number of carbonyl (C=O) groups is 1. The van der Waals surface area contributed by atoms with Gasteiger partial charge in [0, 0.05) is 39.1 Å². The van der Waals surface area contributed by atoms with E-state index in [0.717, 1.165) is 50.5 Å². The van der Waals surface area contributed by atoms with Gasteiger partial charge in [0.15, 0.2) is 6.61 Å². The SMILES string of the molecule is O=C(COc1cccc(C(F)(F)F)c1)N1CCN(Cc2ccc3c(c2)CCO3)CC1. The van der Waals surface area contributed by atoms with Crippen molar-refractivity contribution in [2.75, 3.05) is 39.4 Å². The van der Waals surface area contributed by atoms with Crippen LogP contribution in [0.5, 0.6) is 11.5 Å². The quantitative estimate of drug-likeness (QED) is 0.744. The van der Waals surface area contributed by atoms with Crippen molar-refractivity contribution in [3.8, 4) is 11.5 Å². The zero-order valence-corrected chi connectivity index (χ0v) is 16.5. The highest BCUT2D eigenvalue weighted by molar-refractivity contribution is 5.77. The Morgan fingerprint density at radius 1 is 1.07 bits per heavy atom. The van der Waals surface area contributed by atoms with E-state index in [1.807, 2.05) is 6.07 Å². The van der Waals surface area contributed by atoms with Crippen molar-refractivity contribution in [2.45, 2.75) is 19.1 Å². The van der Waals surface area contributed by atoms with Gasteiger partial charge in [0.25, 0.3) is 5.91 Å². The third-order valence-electron chi connectivity index (χ3n) is 5.41. The third kappa shape index (κ3) is 4.87. The maximum atomic E-state index is 12.8. The van der Waals surface area contributed by atoms with Crippen molar-refractivity contribution in [1.29, 1.82) is 0 Å². The van der Waals surface area contributed by atoms with Crippen LogP contribution in [0.1, 0.15) is 16.7 Å². The molecular weight excluding hydrogens is 397 g/mol. The first kappa shape index (κ1) is 20.5. The number of hydrogen-bond acceptors (Lipinski definition) is 4. The lowest BCUT2D eigenvalue weighted by Crippen LogP contribution is -2.49. The van der Waals surface area contributed by atoms with Crippen molar-refractivity contribution in [2.24, 2.45) is 0 Å². The first-order valence-corrected chi connectivity index (χ1v) is 9.93. The third-order valence-corrected chi connectivity index (χ3v) is 5.41. The maximum absolute atomic E-state index is 12.8. The van der Waals surface area contributed by atoms with Crippen LogP contribution in [-0.2, 0) is 23.9 Å². The lowest BCUT2D eigenvalue weighted by molar-refractivity contribution is -0.137. The lowest BCUT2D eigenvalue weighted by Gasteiger charge is -2.34. The van der Waals surface area contributed by atoms with E-state index in [1.165, 1.54) is 23.3 Å². The van der Waals surface area contributed by atoms with E-state index >= 15 is 0 Å². The molecule has 30 heavy (non-hydrogen) atoms. The Kier molecular flexibility index (Phi) is 5.85. The molecule has 0 aromatic heterocycles. The number of benzene rings is 2. The van der Waals surface area contributed by atoms with Crippen LogP contribution >= 0.6 is 0 Å². The van der Waals surface area contributed by atoms with Crippen LogP contribution in [0.2, 0.25) is 0 Å². The summed E-state index contributed by atoms with van der Waals surface area (Å²) in [5.41, 5.74) is 1.68. The van der Waals surface area contributed by atoms with E-state index in [9.17, 15) is 18.0 Å². The number of fused-ring (bicyclic) bond motifs is 1. The zero-order valence-electron chi connectivity index (χ0n) is 16.5. The molecule has 2 aliphatic heterocycles. The number of alkyl halides is 3. The number of nitrogens with zero attached hydrogens (tertiary/aromatic N) is 2. The van der Waals surface area contributed by atoms with Crippen LogP contribution in [0.25, 0.3) is 0 Å². The second kappa shape index (κ2) is 8.55. The molecule has 2 aliphatic rings. The highest BCUT2D eigenvalue weighted by Crippen LogP contribution is 2.31. The summed E-state index contributed by atoms with van der Waals surface area (Å²) in [5, 5.41) is 0. The van der Waals surface area contributed by atoms with E-state index in [0.29, 0.717) is 13.1 Å². The van der Waals surface area contributed by atoms with E-state index in [1.54, 1.807) is 4.90 Å². The number of amides is 1. The number of halogens is 3. The molecule has 0 N–H and O–H groups in total. The lowest BCUT2D eigenvalue weighted by atomic mass is 10.1. The predicted octanol–water partition coefficient (Wildman–Crippen LogP) is 3.36. The molecule has 1 amide bonds. The Bertz CT molecular complexity index is 909. The predicted molar refractivity (Wildman–Crippen MR) is 104 cm³/mol. The van der Waals surface area contributed by atoms with Crippen molar-refractivity contribution >= 4 is 5.91 Å². The molecule has 0 unspecified atom stereocenters. The van der Waals surface area contributed by atoms with Gasteiger partial charge in [-0.1, -0.05) is 18.2 Å². The van der Waals surface area contributed by atoms with Gasteiger partial charge in [-0.25, -0.2) is 0 Å². The van der Waals surface area contributed by atoms with Crippen molar-refractivity contribution < 1.29 is 27.4 Å². The summed E-state index contributed by atoms with van der Waals surface area (Å²) in [7, 11) is 0. The summed E-state index contributed by atoms with van der Waals surface area (Å²) in [5.74, 6) is 0.786. The van der Waals surface area contributed by atoms with Gasteiger partial charge < -0.3 is 14.4 Å². The van der Waals surface area contributed by atoms with Gasteiger partial charge in [0.05, 0.1) is 12.2 Å². The van der Waals surface area contributed by atoms with Crippen molar-refractivity contribution in [1.82, 2.24) is 9.80 Å². The second-order valence-electron chi connectivity index (χ2n) is 7.51. The van der Waals surface area contributed by atoms with Crippen LogP contribution in [0.3, 0.4) is 0 Å². The highest BCUT2D eigenvalue weighted by Gasteiger charge is 2.30. The topological polar surface area (TPSA) is 42.0 Å². The average molecular weight is 420 g/mol. The number of ether oxygens (including phenoxy) is 2. The first-order chi connectivity index (χ1) is 14.4. The van der Waals surface area contributed by atoms with Gasteiger partial charge in [-0.15, -0.1) is 0 Å². The molecule has 2 heterocycles. The summed E-state index contributed by atoms with van der Waals surface area (Å²) in [6, 6.07) is 10.8. The van der Waals surface area contributed by atoms with Crippen molar-refractivity contribution in [3.05, 3.63) is 59.2 Å². The Labute approximate surface area is 173 Å². The molecule has 0 aliphatic carbocycles. The summed E-state index contributed by atoms with van der Waals surface area (Å²) in [6.45, 7) is 3.90. The van der Waals surface area contributed by atoms with E-state index in [2.05, 4.69) is 17.0 Å². The highest BCUT2D eigenvalue weighted by atomic mass is 19.4. The summed E-state index contributed by atoms with van der Waals surface area (Å²) in [4.78, 5) is 16.4. The van der Waals surface area contributed by atoms with Gasteiger partial charge in [0.1, 0.15) is 11.5 Å².